The molecular weight excluding hydrogens is 240 g/mol. The van der Waals surface area contributed by atoms with Crippen LogP contribution in [0.25, 0.3) is 0 Å². The predicted molar refractivity (Wildman–Crippen MR) is 87.6 cm³/mol. The van der Waals surface area contributed by atoms with Crippen LogP contribution in [-0.2, 0) is 0 Å². The van der Waals surface area contributed by atoms with Gasteiger partial charge in [0.2, 0.25) is 0 Å². The van der Waals surface area contributed by atoms with Crippen molar-refractivity contribution in [3.8, 4) is 0 Å². The van der Waals surface area contributed by atoms with Crippen LogP contribution in [0, 0.1) is 28.6 Å². The van der Waals surface area contributed by atoms with Crippen LogP contribution >= 0.6 is 0 Å². The third-order valence-corrected chi connectivity index (χ3v) is 7.37. The number of hydrogen-bond acceptors (Lipinski definition) is 0. The van der Waals surface area contributed by atoms with E-state index in [0.717, 1.165) is 17.8 Å². The second-order valence-electron chi connectivity index (χ2n) is 8.64. The lowest BCUT2D eigenvalue weighted by Crippen LogP contribution is -2.47. The van der Waals surface area contributed by atoms with Crippen molar-refractivity contribution < 1.29 is 0 Å². The first-order valence-corrected chi connectivity index (χ1v) is 8.68. The van der Waals surface area contributed by atoms with Gasteiger partial charge in [0.15, 0.2) is 0 Å². The standard InChI is InChI=1S/C20H32/c1-14(2)16-9-13-20(5)17(16)10-12-19(4)11-8-15(3)6-7-18(19)20/h8,16-18H,1,6-7,9-13H2,2-5H3/t16-,17+,18-,19-,20+/m0/s1. The predicted octanol–water partition coefficient (Wildman–Crippen LogP) is 6.14. The summed E-state index contributed by atoms with van der Waals surface area (Å²) in [6.07, 6.45) is 12.3. The Bertz CT molecular complexity index is 443. The quantitative estimate of drug-likeness (QED) is 0.503. The molecule has 0 heterocycles. The van der Waals surface area contributed by atoms with Crippen molar-refractivity contribution in [2.75, 3.05) is 0 Å². The highest BCUT2D eigenvalue weighted by Gasteiger charge is 2.57. The van der Waals surface area contributed by atoms with E-state index in [0.29, 0.717) is 10.8 Å². The van der Waals surface area contributed by atoms with E-state index in [-0.39, 0.29) is 0 Å². The Morgan fingerprint density at radius 3 is 2.65 bits per heavy atom. The molecule has 3 rings (SSSR count). The van der Waals surface area contributed by atoms with Gasteiger partial charge >= 0.3 is 0 Å². The minimum absolute atomic E-state index is 0.562. The van der Waals surface area contributed by atoms with Gasteiger partial charge in [0.05, 0.1) is 0 Å². The molecule has 3 aliphatic carbocycles. The molecule has 0 aromatic carbocycles. The fraction of sp³-hybridized carbons (Fsp3) is 0.800. The highest BCUT2D eigenvalue weighted by molar-refractivity contribution is 5.16. The fourth-order valence-electron chi connectivity index (χ4n) is 6.13. The lowest BCUT2D eigenvalue weighted by Gasteiger charge is -2.54. The third kappa shape index (κ3) is 2.02. The van der Waals surface area contributed by atoms with Crippen molar-refractivity contribution in [3.63, 3.8) is 0 Å². The molecule has 0 spiro atoms. The monoisotopic (exact) mass is 272 g/mol. The molecule has 0 N–H and O–H groups in total. The zero-order valence-electron chi connectivity index (χ0n) is 14.0. The van der Waals surface area contributed by atoms with E-state index in [1.807, 2.05) is 0 Å². The average molecular weight is 272 g/mol. The fourth-order valence-corrected chi connectivity index (χ4v) is 6.13. The van der Waals surface area contributed by atoms with Crippen LogP contribution in [0.2, 0.25) is 0 Å². The Hall–Kier alpha value is -0.520. The van der Waals surface area contributed by atoms with E-state index in [1.165, 1.54) is 50.5 Å². The molecular formula is C20H32. The molecule has 0 bridgehead atoms. The van der Waals surface area contributed by atoms with Gasteiger partial charge in [-0.15, -0.1) is 0 Å². The molecule has 20 heavy (non-hydrogen) atoms. The van der Waals surface area contributed by atoms with E-state index < -0.39 is 0 Å². The zero-order valence-corrected chi connectivity index (χ0v) is 14.0. The van der Waals surface area contributed by atoms with E-state index in [4.69, 9.17) is 0 Å². The van der Waals surface area contributed by atoms with Gasteiger partial charge in [-0.2, -0.15) is 0 Å². The summed E-state index contributed by atoms with van der Waals surface area (Å²) in [6, 6.07) is 0. The molecule has 0 aromatic heterocycles. The van der Waals surface area contributed by atoms with Gasteiger partial charge in [-0.3, -0.25) is 0 Å². The van der Waals surface area contributed by atoms with Crippen molar-refractivity contribution in [2.45, 2.75) is 72.6 Å². The van der Waals surface area contributed by atoms with Crippen LogP contribution in [0.15, 0.2) is 23.8 Å². The van der Waals surface area contributed by atoms with Crippen LogP contribution in [0.4, 0.5) is 0 Å². The molecule has 0 unspecified atom stereocenters. The van der Waals surface area contributed by atoms with Crippen molar-refractivity contribution in [2.24, 2.45) is 28.6 Å². The summed E-state index contributed by atoms with van der Waals surface area (Å²) in [5.41, 5.74) is 4.22. The highest BCUT2D eigenvalue weighted by atomic mass is 14.6. The number of fused-ring (bicyclic) bond motifs is 3. The number of hydrogen-bond donors (Lipinski definition) is 0. The molecule has 5 atom stereocenters. The third-order valence-electron chi connectivity index (χ3n) is 7.37. The maximum absolute atomic E-state index is 4.30. The van der Waals surface area contributed by atoms with Crippen LogP contribution in [0.1, 0.15) is 72.6 Å². The topological polar surface area (TPSA) is 0 Å². The van der Waals surface area contributed by atoms with Crippen LogP contribution in [0.3, 0.4) is 0 Å². The summed E-state index contributed by atoms with van der Waals surface area (Å²) in [6.45, 7) is 14.1. The summed E-state index contributed by atoms with van der Waals surface area (Å²) in [5.74, 6) is 2.64. The summed E-state index contributed by atoms with van der Waals surface area (Å²) >= 11 is 0. The van der Waals surface area contributed by atoms with Crippen molar-refractivity contribution >= 4 is 0 Å². The Balaban J connectivity index is 1.93. The Morgan fingerprint density at radius 2 is 1.95 bits per heavy atom. The summed E-state index contributed by atoms with van der Waals surface area (Å²) in [4.78, 5) is 0. The first kappa shape index (κ1) is 14.4. The second-order valence-corrected chi connectivity index (χ2v) is 8.64. The maximum atomic E-state index is 4.30. The first-order chi connectivity index (χ1) is 9.37. The van der Waals surface area contributed by atoms with Crippen molar-refractivity contribution in [1.82, 2.24) is 0 Å². The molecule has 0 nitrogen and oxygen atoms in total. The molecule has 2 fully saturated rings. The van der Waals surface area contributed by atoms with Gasteiger partial charge in [0.1, 0.15) is 0 Å². The Kier molecular flexibility index (Phi) is 3.42. The molecule has 0 saturated heterocycles. The summed E-state index contributed by atoms with van der Waals surface area (Å²) < 4.78 is 0. The van der Waals surface area contributed by atoms with Crippen LogP contribution < -0.4 is 0 Å². The zero-order chi connectivity index (χ0) is 14.5. The molecule has 0 aliphatic heterocycles. The minimum atomic E-state index is 0.562. The smallest absolute Gasteiger partial charge is 0.0175 e. The van der Waals surface area contributed by atoms with Gasteiger partial charge < -0.3 is 0 Å². The van der Waals surface area contributed by atoms with Gasteiger partial charge in [0.25, 0.3) is 0 Å². The molecule has 0 amide bonds. The van der Waals surface area contributed by atoms with Crippen LogP contribution in [-0.4, -0.2) is 0 Å². The molecule has 3 aliphatic rings. The van der Waals surface area contributed by atoms with E-state index in [1.54, 1.807) is 5.57 Å². The highest BCUT2D eigenvalue weighted by Crippen LogP contribution is 2.66. The molecule has 0 heteroatoms. The number of rotatable bonds is 1. The average Bonchev–Trinajstić information content (AvgIpc) is 2.64. The van der Waals surface area contributed by atoms with Crippen LogP contribution in [0.5, 0.6) is 0 Å². The SMILES string of the molecule is C=C(C)[C@@H]1CC[C@]2(C)[C@@H]1CC[C@]1(C)CC=C(C)CC[C@@H]12. The summed E-state index contributed by atoms with van der Waals surface area (Å²) in [7, 11) is 0. The lowest BCUT2D eigenvalue weighted by atomic mass is 9.50. The van der Waals surface area contributed by atoms with Crippen molar-refractivity contribution in [3.05, 3.63) is 23.8 Å². The molecule has 0 radical (unpaired) electrons. The van der Waals surface area contributed by atoms with E-state index in [9.17, 15) is 0 Å². The number of allylic oxidation sites excluding steroid dienone is 3. The van der Waals surface area contributed by atoms with E-state index >= 15 is 0 Å². The normalized spacial score (nSPS) is 48.0. The van der Waals surface area contributed by atoms with Gasteiger partial charge in [0, 0.05) is 0 Å². The lowest BCUT2D eigenvalue weighted by molar-refractivity contribution is -0.0481. The molecule has 112 valence electrons. The minimum Gasteiger partial charge on any atom is -0.0999 e. The van der Waals surface area contributed by atoms with Gasteiger partial charge in [-0.05, 0) is 87.4 Å². The summed E-state index contributed by atoms with van der Waals surface area (Å²) in [5, 5.41) is 0. The molecule has 0 aromatic rings. The van der Waals surface area contributed by atoms with Crippen molar-refractivity contribution in [1.29, 1.82) is 0 Å². The Labute approximate surface area is 125 Å². The van der Waals surface area contributed by atoms with Gasteiger partial charge in [-0.25, -0.2) is 0 Å². The Morgan fingerprint density at radius 1 is 1.20 bits per heavy atom. The molecule has 2 saturated carbocycles. The second kappa shape index (κ2) is 4.75. The van der Waals surface area contributed by atoms with Gasteiger partial charge in [-0.1, -0.05) is 37.6 Å². The first-order valence-electron chi connectivity index (χ1n) is 8.68. The van der Waals surface area contributed by atoms with E-state index in [2.05, 4.69) is 40.3 Å². The maximum Gasteiger partial charge on any atom is -0.0175 e. The largest absolute Gasteiger partial charge is 0.0999 e.